The minimum Gasteiger partial charge on any atom is -0.486 e. The SMILES string of the molecule is O=C(CSc1nnc(-c2ccccc2F)n1Cc1ccco1)Nc1ccc2c(c1)OCCO2. The maximum atomic E-state index is 14.4. The molecule has 0 atom stereocenters. The van der Waals surface area contributed by atoms with Gasteiger partial charge in [-0.1, -0.05) is 23.9 Å². The van der Waals surface area contributed by atoms with Gasteiger partial charge >= 0.3 is 0 Å². The largest absolute Gasteiger partial charge is 0.486 e. The highest BCUT2D eigenvalue weighted by Crippen LogP contribution is 2.33. The molecule has 0 saturated heterocycles. The van der Waals surface area contributed by atoms with Gasteiger partial charge in [-0.05, 0) is 36.4 Å². The first-order valence-electron chi connectivity index (χ1n) is 10.2. The van der Waals surface area contributed by atoms with Crippen LogP contribution in [0.1, 0.15) is 5.76 Å². The predicted molar refractivity (Wildman–Crippen MR) is 120 cm³/mol. The summed E-state index contributed by atoms with van der Waals surface area (Å²) >= 11 is 1.20. The lowest BCUT2D eigenvalue weighted by Crippen LogP contribution is -2.17. The average Bonchev–Trinajstić information content (AvgIpc) is 3.48. The molecule has 4 aromatic rings. The normalized spacial score (nSPS) is 12.5. The molecular formula is C23H19FN4O4S. The predicted octanol–water partition coefficient (Wildman–Crippen LogP) is 4.23. The molecule has 2 aromatic carbocycles. The van der Waals surface area contributed by atoms with Crippen molar-refractivity contribution in [2.24, 2.45) is 0 Å². The molecule has 0 bridgehead atoms. The minimum atomic E-state index is -0.404. The molecule has 0 radical (unpaired) electrons. The van der Waals surface area contributed by atoms with Crippen molar-refractivity contribution in [3.8, 4) is 22.9 Å². The third-order valence-corrected chi connectivity index (χ3v) is 5.85. The van der Waals surface area contributed by atoms with E-state index < -0.39 is 5.82 Å². The van der Waals surface area contributed by atoms with E-state index in [0.717, 1.165) is 0 Å². The van der Waals surface area contributed by atoms with Crippen LogP contribution in [0.5, 0.6) is 11.5 Å². The number of nitrogens with one attached hydrogen (secondary N) is 1. The number of nitrogens with zero attached hydrogens (tertiary/aromatic N) is 3. The van der Waals surface area contributed by atoms with Gasteiger partial charge in [-0.2, -0.15) is 0 Å². The van der Waals surface area contributed by atoms with Crippen LogP contribution in [-0.4, -0.2) is 39.6 Å². The third-order valence-electron chi connectivity index (χ3n) is 4.88. The van der Waals surface area contributed by atoms with Crippen LogP contribution < -0.4 is 14.8 Å². The molecule has 0 saturated carbocycles. The number of fused-ring (bicyclic) bond motifs is 1. The lowest BCUT2D eigenvalue weighted by atomic mass is 10.2. The highest BCUT2D eigenvalue weighted by molar-refractivity contribution is 7.99. The number of furan rings is 1. The summed E-state index contributed by atoms with van der Waals surface area (Å²) in [4.78, 5) is 12.6. The van der Waals surface area contributed by atoms with Crippen LogP contribution >= 0.6 is 11.8 Å². The summed E-state index contributed by atoms with van der Waals surface area (Å²) in [7, 11) is 0. The van der Waals surface area contributed by atoms with E-state index in [1.807, 2.05) is 6.07 Å². The Kier molecular flexibility index (Phi) is 5.99. The highest BCUT2D eigenvalue weighted by Gasteiger charge is 2.19. The van der Waals surface area contributed by atoms with E-state index in [1.165, 1.54) is 17.8 Å². The number of rotatable bonds is 7. The lowest BCUT2D eigenvalue weighted by molar-refractivity contribution is -0.113. The fraction of sp³-hybridized carbons (Fsp3) is 0.174. The number of anilines is 1. The van der Waals surface area contributed by atoms with Crippen molar-refractivity contribution >= 4 is 23.4 Å². The molecule has 8 nitrogen and oxygen atoms in total. The second-order valence-electron chi connectivity index (χ2n) is 7.15. The van der Waals surface area contributed by atoms with Crippen LogP contribution in [0, 0.1) is 5.82 Å². The first-order valence-corrected chi connectivity index (χ1v) is 11.2. The Labute approximate surface area is 192 Å². The number of amides is 1. The van der Waals surface area contributed by atoms with Gasteiger partial charge in [0.1, 0.15) is 24.8 Å². The van der Waals surface area contributed by atoms with Gasteiger partial charge in [-0.15, -0.1) is 10.2 Å². The van der Waals surface area contributed by atoms with Gasteiger partial charge in [0.15, 0.2) is 22.5 Å². The number of hydrogen-bond acceptors (Lipinski definition) is 7. The van der Waals surface area contributed by atoms with Gasteiger partial charge < -0.3 is 19.2 Å². The molecule has 33 heavy (non-hydrogen) atoms. The molecule has 10 heteroatoms. The van der Waals surface area contributed by atoms with E-state index in [1.54, 1.807) is 53.3 Å². The van der Waals surface area contributed by atoms with Crippen molar-refractivity contribution in [3.05, 3.63) is 72.4 Å². The summed E-state index contributed by atoms with van der Waals surface area (Å²) in [5, 5.41) is 11.7. The number of thioether (sulfide) groups is 1. The van der Waals surface area contributed by atoms with Crippen LogP contribution in [0.25, 0.3) is 11.4 Å². The number of halogens is 1. The molecule has 1 amide bonds. The highest BCUT2D eigenvalue weighted by atomic mass is 32.2. The van der Waals surface area contributed by atoms with Crippen LogP contribution in [0.2, 0.25) is 0 Å². The zero-order valence-electron chi connectivity index (χ0n) is 17.4. The average molecular weight is 466 g/mol. The molecule has 0 unspecified atom stereocenters. The maximum Gasteiger partial charge on any atom is 0.234 e. The van der Waals surface area contributed by atoms with Gasteiger partial charge in [-0.3, -0.25) is 9.36 Å². The molecule has 0 aliphatic carbocycles. The van der Waals surface area contributed by atoms with E-state index >= 15 is 0 Å². The number of aromatic nitrogens is 3. The first-order chi connectivity index (χ1) is 16.2. The Bertz CT molecular complexity index is 1280. The quantitative estimate of drug-likeness (QED) is 0.408. The number of benzene rings is 2. The van der Waals surface area contributed by atoms with E-state index in [0.29, 0.717) is 59.2 Å². The van der Waals surface area contributed by atoms with Gasteiger partial charge in [0.2, 0.25) is 5.91 Å². The summed E-state index contributed by atoms with van der Waals surface area (Å²) in [6.45, 7) is 1.27. The van der Waals surface area contributed by atoms with E-state index in [-0.39, 0.29) is 11.7 Å². The molecule has 1 aliphatic heterocycles. The number of hydrogen-bond donors (Lipinski definition) is 1. The summed E-state index contributed by atoms with van der Waals surface area (Å²) in [6, 6.07) is 15.2. The number of ether oxygens (including phenoxy) is 2. The fourth-order valence-corrected chi connectivity index (χ4v) is 4.12. The van der Waals surface area contributed by atoms with Gasteiger partial charge in [0.05, 0.1) is 24.1 Å². The standard InChI is InChI=1S/C23H19FN4O4S/c24-18-6-2-1-5-17(18)22-26-27-23(28(22)13-16-4-3-9-30-16)33-14-21(29)25-15-7-8-19-20(12-15)32-11-10-31-19/h1-9,12H,10-11,13-14H2,(H,25,29). The van der Waals surface area contributed by atoms with Crippen molar-refractivity contribution in [1.82, 2.24) is 14.8 Å². The first kappa shape index (κ1) is 21.1. The summed E-state index contributed by atoms with van der Waals surface area (Å²) < 4.78 is 32.7. The molecule has 1 aliphatic rings. The zero-order valence-corrected chi connectivity index (χ0v) is 18.2. The van der Waals surface area contributed by atoms with Gasteiger partial charge in [0, 0.05) is 11.8 Å². The molecule has 3 heterocycles. The van der Waals surface area contributed by atoms with E-state index in [4.69, 9.17) is 13.9 Å². The molecule has 2 aromatic heterocycles. The Morgan fingerprint density at radius 2 is 1.91 bits per heavy atom. The Hall–Kier alpha value is -3.79. The second-order valence-corrected chi connectivity index (χ2v) is 8.09. The van der Waals surface area contributed by atoms with Crippen molar-refractivity contribution in [3.63, 3.8) is 0 Å². The van der Waals surface area contributed by atoms with Crippen molar-refractivity contribution < 1.29 is 23.1 Å². The molecule has 5 rings (SSSR count). The van der Waals surface area contributed by atoms with E-state index in [2.05, 4.69) is 15.5 Å². The Morgan fingerprint density at radius 3 is 2.73 bits per heavy atom. The fourth-order valence-electron chi connectivity index (χ4n) is 3.39. The van der Waals surface area contributed by atoms with Gasteiger partial charge in [0.25, 0.3) is 0 Å². The minimum absolute atomic E-state index is 0.0853. The molecule has 0 spiro atoms. The van der Waals surface area contributed by atoms with Crippen LogP contribution in [-0.2, 0) is 11.3 Å². The van der Waals surface area contributed by atoms with Crippen LogP contribution in [0.3, 0.4) is 0 Å². The molecular weight excluding hydrogens is 447 g/mol. The van der Waals surface area contributed by atoms with Crippen molar-refractivity contribution in [1.29, 1.82) is 0 Å². The molecule has 168 valence electrons. The molecule has 1 N–H and O–H groups in total. The van der Waals surface area contributed by atoms with Crippen molar-refractivity contribution in [2.45, 2.75) is 11.7 Å². The molecule has 0 fully saturated rings. The van der Waals surface area contributed by atoms with Gasteiger partial charge in [-0.25, -0.2) is 4.39 Å². The topological polar surface area (TPSA) is 91.4 Å². The van der Waals surface area contributed by atoms with Crippen LogP contribution in [0.4, 0.5) is 10.1 Å². The van der Waals surface area contributed by atoms with E-state index in [9.17, 15) is 9.18 Å². The second kappa shape index (κ2) is 9.37. The summed E-state index contributed by atoms with van der Waals surface area (Å²) in [6.07, 6.45) is 1.57. The lowest BCUT2D eigenvalue weighted by Gasteiger charge is -2.19. The van der Waals surface area contributed by atoms with Crippen LogP contribution in [0.15, 0.2) is 70.4 Å². The monoisotopic (exact) mass is 466 g/mol. The smallest absolute Gasteiger partial charge is 0.234 e. The maximum absolute atomic E-state index is 14.4. The number of carbonyl (C=O) groups excluding carboxylic acids is 1. The van der Waals surface area contributed by atoms with Crippen molar-refractivity contribution in [2.75, 3.05) is 24.3 Å². The Balaban J connectivity index is 1.32. The third kappa shape index (κ3) is 4.70. The zero-order chi connectivity index (χ0) is 22.6. The Morgan fingerprint density at radius 1 is 1.06 bits per heavy atom. The number of carbonyl (C=O) groups is 1. The summed E-state index contributed by atoms with van der Waals surface area (Å²) in [5.41, 5.74) is 0.929. The summed E-state index contributed by atoms with van der Waals surface area (Å²) in [5.74, 6) is 1.73.